The van der Waals surface area contributed by atoms with E-state index >= 15 is 0 Å². The highest BCUT2D eigenvalue weighted by molar-refractivity contribution is 7.99. The largest absolute Gasteiger partial charge is 0.353 e. The Kier molecular flexibility index (Phi) is 6.10. The molecule has 2 aliphatic rings. The first-order chi connectivity index (χ1) is 11.3. The molecule has 0 aliphatic carbocycles. The van der Waals surface area contributed by atoms with Crippen molar-refractivity contribution >= 4 is 23.6 Å². The van der Waals surface area contributed by atoms with Crippen molar-refractivity contribution in [3.05, 3.63) is 18.0 Å². The van der Waals surface area contributed by atoms with E-state index < -0.39 is 0 Å². The van der Waals surface area contributed by atoms with E-state index in [1.165, 1.54) is 12.8 Å². The fraction of sp³-hybridized carbons (Fsp3) is 0.688. The minimum atomic E-state index is 0.180. The van der Waals surface area contributed by atoms with Gasteiger partial charge in [-0.1, -0.05) is 0 Å². The predicted molar refractivity (Wildman–Crippen MR) is 93.8 cm³/mol. The second-order valence-electron chi connectivity index (χ2n) is 6.07. The number of carbonyl (C=O) groups is 1. The van der Waals surface area contributed by atoms with Gasteiger partial charge in [-0.05, 0) is 37.9 Å². The van der Waals surface area contributed by atoms with Crippen molar-refractivity contribution in [2.75, 3.05) is 43.8 Å². The second-order valence-corrected chi connectivity index (χ2v) is 7.48. The van der Waals surface area contributed by atoms with Crippen molar-refractivity contribution in [3.63, 3.8) is 0 Å². The lowest BCUT2D eigenvalue weighted by molar-refractivity contribution is -0.133. The first kappa shape index (κ1) is 16.5. The molecule has 2 saturated heterocycles. The molecular weight excluding hydrogens is 310 g/mol. The maximum atomic E-state index is 11.9. The van der Waals surface area contributed by atoms with Crippen LogP contribution < -0.4 is 10.6 Å². The molecule has 3 heterocycles. The van der Waals surface area contributed by atoms with Crippen LogP contribution in [-0.4, -0.2) is 64.5 Å². The SMILES string of the molecule is O=C(Cc1cnc(NCCSC2CCNCC2)nc1)N1CCC1. The molecule has 1 aromatic rings. The number of amides is 1. The van der Waals surface area contributed by atoms with Crippen LogP contribution in [-0.2, 0) is 11.2 Å². The van der Waals surface area contributed by atoms with Gasteiger partial charge in [0.2, 0.25) is 11.9 Å². The van der Waals surface area contributed by atoms with E-state index in [4.69, 9.17) is 0 Å². The molecule has 0 bridgehead atoms. The first-order valence-electron chi connectivity index (χ1n) is 8.46. The van der Waals surface area contributed by atoms with Crippen molar-refractivity contribution in [1.82, 2.24) is 20.2 Å². The molecule has 0 unspecified atom stereocenters. The maximum absolute atomic E-state index is 11.9. The van der Waals surface area contributed by atoms with E-state index in [-0.39, 0.29) is 5.91 Å². The fourth-order valence-corrected chi connectivity index (χ4v) is 3.86. The van der Waals surface area contributed by atoms with E-state index in [9.17, 15) is 4.79 Å². The Bertz CT molecular complexity index is 500. The quantitative estimate of drug-likeness (QED) is 0.729. The first-order valence-corrected chi connectivity index (χ1v) is 9.51. The summed E-state index contributed by atoms with van der Waals surface area (Å²) in [5, 5.41) is 7.43. The van der Waals surface area contributed by atoms with E-state index in [1.54, 1.807) is 12.4 Å². The highest BCUT2D eigenvalue weighted by atomic mass is 32.2. The van der Waals surface area contributed by atoms with Crippen LogP contribution in [0.4, 0.5) is 5.95 Å². The minimum absolute atomic E-state index is 0.180. The number of piperidine rings is 1. The van der Waals surface area contributed by atoms with E-state index in [1.807, 2.05) is 16.7 Å². The molecule has 1 aromatic heterocycles. The molecule has 0 spiro atoms. The molecule has 23 heavy (non-hydrogen) atoms. The normalized spacial score (nSPS) is 18.5. The van der Waals surface area contributed by atoms with E-state index in [2.05, 4.69) is 20.6 Å². The van der Waals surface area contributed by atoms with E-state index in [0.717, 1.165) is 55.7 Å². The highest BCUT2D eigenvalue weighted by Gasteiger charge is 2.20. The average Bonchev–Trinajstić information content (AvgIpc) is 2.52. The van der Waals surface area contributed by atoms with Gasteiger partial charge in [0.05, 0.1) is 6.42 Å². The number of nitrogens with zero attached hydrogens (tertiary/aromatic N) is 3. The Balaban J connectivity index is 1.34. The lowest BCUT2D eigenvalue weighted by Gasteiger charge is -2.30. The zero-order valence-electron chi connectivity index (χ0n) is 13.5. The third kappa shape index (κ3) is 5.07. The third-order valence-electron chi connectivity index (χ3n) is 4.29. The lowest BCUT2D eigenvalue weighted by atomic mass is 10.1. The molecule has 7 heteroatoms. The van der Waals surface area contributed by atoms with E-state index in [0.29, 0.717) is 12.4 Å². The van der Waals surface area contributed by atoms with Gasteiger partial charge in [0.1, 0.15) is 0 Å². The molecule has 0 radical (unpaired) electrons. The summed E-state index contributed by atoms with van der Waals surface area (Å²) in [6, 6.07) is 0. The number of carbonyl (C=O) groups excluding carboxylic acids is 1. The zero-order chi connectivity index (χ0) is 15.9. The molecule has 0 aromatic carbocycles. The van der Waals surface area contributed by atoms with Gasteiger partial charge in [0.15, 0.2) is 0 Å². The standard InChI is InChI=1S/C16H25N5OS/c22-15(21-7-1-8-21)10-13-11-19-16(20-12-13)18-6-9-23-14-2-4-17-5-3-14/h11-12,14,17H,1-10H2,(H,18,19,20). The maximum Gasteiger partial charge on any atom is 0.227 e. The molecule has 0 saturated carbocycles. The second kappa shape index (κ2) is 8.49. The van der Waals surface area contributed by atoms with Crippen LogP contribution in [0.1, 0.15) is 24.8 Å². The molecule has 2 fully saturated rings. The van der Waals surface area contributed by atoms with Crippen molar-refractivity contribution in [1.29, 1.82) is 0 Å². The summed E-state index contributed by atoms with van der Waals surface area (Å²) in [6.45, 7) is 4.96. The number of nitrogens with one attached hydrogen (secondary N) is 2. The van der Waals surface area contributed by atoms with Crippen molar-refractivity contribution in [2.45, 2.75) is 30.9 Å². The molecule has 2 N–H and O–H groups in total. The van der Waals surface area contributed by atoms with Gasteiger partial charge < -0.3 is 15.5 Å². The monoisotopic (exact) mass is 335 g/mol. The van der Waals surface area contributed by atoms with Crippen LogP contribution in [0.2, 0.25) is 0 Å². The molecule has 2 aliphatic heterocycles. The summed E-state index contributed by atoms with van der Waals surface area (Å²) in [5.41, 5.74) is 0.886. The summed E-state index contributed by atoms with van der Waals surface area (Å²) < 4.78 is 0. The van der Waals surface area contributed by atoms with Crippen molar-refractivity contribution in [2.24, 2.45) is 0 Å². The van der Waals surface area contributed by atoms with Gasteiger partial charge in [-0.25, -0.2) is 9.97 Å². The Morgan fingerprint density at radius 1 is 1.30 bits per heavy atom. The molecular formula is C16H25N5OS. The summed E-state index contributed by atoms with van der Waals surface area (Å²) in [6.07, 6.45) is 7.58. The number of likely N-dealkylation sites (tertiary alicyclic amines) is 1. The number of anilines is 1. The van der Waals surface area contributed by atoms with Gasteiger partial charge in [-0.15, -0.1) is 0 Å². The zero-order valence-corrected chi connectivity index (χ0v) is 14.3. The van der Waals surface area contributed by atoms with Crippen LogP contribution in [0.5, 0.6) is 0 Å². The number of rotatable bonds is 7. The molecule has 0 atom stereocenters. The van der Waals surface area contributed by atoms with Crippen LogP contribution in [0.3, 0.4) is 0 Å². The van der Waals surface area contributed by atoms with Crippen LogP contribution >= 0.6 is 11.8 Å². The molecule has 1 amide bonds. The van der Waals surface area contributed by atoms with Gasteiger partial charge in [0, 0.05) is 43.0 Å². The predicted octanol–water partition coefficient (Wildman–Crippen LogP) is 1.15. The molecule has 126 valence electrons. The van der Waals surface area contributed by atoms with Crippen molar-refractivity contribution in [3.8, 4) is 0 Å². The Hall–Kier alpha value is -1.34. The average molecular weight is 335 g/mol. The summed E-state index contributed by atoms with van der Waals surface area (Å²) in [7, 11) is 0. The topological polar surface area (TPSA) is 70.1 Å². The van der Waals surface area contributed by atoms with Crippen molar-refractivity contribution < 1.29 is 4.79 Å². The summed E-state index contributed by atoms with van der Waals surface area (Å²) >= 11 is 2.03. The van der Waals surface area contributed by atoms with Crippen LogP contribution in [0.15, 0.2) is 12.4 Å². The number of hydrogen-bond acceptors (Lipinski definition) is 6. The van der Waals surface area contributed by atoms with Gasteiger partial charge in [-0.2, -0.15) is 11.8 Å². The third-order valence-corrected chi connectivity index (χ3v) is 5.68. The molecule has 3 rings (SSSR count). The number of hydrogen-bond donors (Lipinski definition) is 2. The van der Waals surface area contributed by atoms with Gasteiger partial charge in [-0.3, -0.25) is 4.79 Å². The fourth-order valence-electron chi connectivity index (χ4n) is 2.74. The molecule has 6 nitrogen and oxygen atoms in total. The summed E-state index contributed by atoms with van der Waals surface area (Å²) in [4.78, 5) is 22.4. The van der Waals surface area contributed by atoms with Crippen LogP contribution in [0.25, 0.3) is 0 Å². The minimum Gasteiger partial charge on any atom is -0.353 e. The number of thioether (sulfide) groups is 1. The van der Waals surface area contributed by atoms with Gasteiger partial charge in [0.25, 0.3) is 0 Å². The smallest absolute Gasteiger partial charge is 0.227 e. The summed E-state index contributed by atoms with van der Waals surface area (Å²) in [5.74, 6) is 1.90. The van der Waals surface area contributed by atoms with Gasteiger partial charge >= 0.3 is 0 Å². The highest BCUT2D eigenvalue weighted by Crippen LogP contribution is 2.19. The van der Waals surface area contributed by atoms with Crippen LogP contribution in [0, 0.1) is 0 Å². The lowest BCUT2D eigenvalue weighted by Crippen LogP contribution is -2.42. The Morgan fingerprint density at radius 3 is 2.70 bits per heavy atom. The Labute approximate surface area is 141 Å². The number of aromatic nitrogens is 2. The Morgan fingerprint density at radius 2 is 2.04 bits per heavy atom.